The molecule has 248 valence electrons. The van der Waals surface area contributed by atoms with Crippen LogP contribution in [0.5, 0.6) is 0 Å². The molecule has 2 saturated carbocycles. The summed E-state index contributed by atoms with van der Waals surface area (Å²) in [7, 11) is -3.51. The number of nitrogens with one attached hydrogen (secondary N) is 2. The van der Waals surface area contributed by atoms with E-state index in [4.69, 9.17) is 0 Å². The summed E-state index contributed by atoms with van der Waals surface area (Å²) in [6.45, 7) is 2.40. The molecule has 3 N–H and O–H groups in total. The van der Waals surface area contributed by atoms with Crippen LogP contribution in [0.3, 0.4) is 0 Å². The summed E-state index contributed by atoms with van der Waals surface area (Å²) in [5.74, 6) is -1.36. The first kappa shape index (κ1) is 31.4. The molecule has 5 heterocycles. The zero-order valence-electron chi connectivity index (χ0n) is 26.0. The molecule has 3 fully saturated rings. The molecule has 7 rings (SSSR count). The number of aliphatic hydroxyl groups is 1. The van der Waals surface area contributed by atoms with Gasteiger partial charge in [-0.15, -0.1) is 0 Å². The Bertz CT molecular complexity index is 1860. The van der Waals surface area contributed by atoms with Crippen molar-refractivity contribution in [2.75, 3.05) is 28.6 Å². The van der Waals surface area contributed by atoms with Gasteiger partial charge in [-0.25, -0.2) is 32.2 Å². The van der Waals surface area contributed by atoms with E-state index in [1.165, 1.54) is 12.4 Å². The smallest absolute Gasteiger partial charge is 0.256 e. The van der Waals surface area contributed by atoms with Crippen molar-refractivity contribution in [2.45, 2.75) is 81.1 Å². The largest absolute Gasteiger partial charge is 0.390 e. The zero-order valence-corrected chi connectivity index (χ0v) is 26.8. The van der Waals surface area contributed by atoms with E-state index in [-0.39, 0.29) is 32.0 Å². The van der Waals surface area contributed by atoms with E-state index in [9.17, 15) is 22.3 Å². The summed E-state index contributed by atoms with van der Waals surface area (Å²) >= 11 is 0. The van der Waals surface area contributed by atoms with Gasteiger partial charge in [-0.3, -0.25) is 4.98 Å². The SMILES string of the molecule is CC1(O)CCC(Nc2cc(Nc3ccnc(-c4cnn(S(=O)(=O)C5CC5)c4)n3)ncc2-c2cc(N3CCC(F)(F)CC3)ccn2)CC1. The highest BCUT2D eigenvalue weighted by molar-refractivity contribution is 7.90. The quantitative estimate of drug-likeness (QED) is 0.216. The molecule has 3 aliphatic rings. The topological polar surface area (TPSA) is 151 Å². The fourth-order valence-corrected chi connectivity index (χ4v) is 7.56. The molecule has 0 bridgehead atoms. The van der Waals surface area contributed by atoms with Gasteiger partial charge in [0.25, 0.3) is 15.9 Å². The van der Waals surface area contributed by atoms with Crippen molar-refractivity contribution in [1.82, 2.24) is 29.1 Å². The summed E-state index contributed by atoms with van der Waals surface area (Å²) in [4.78, 5) is 20.1. The van der Waals surface area contributed by atoms with Gasteiger partial charge in [0, 0.05) is 73.6 Å². The molecule has 2 aliphatic carbocycles. The lowest BCUT2D eigenvalue weighted by molar-refractivity contribution is -0.0220. The highest BCUT2D eigenvalue weighted by Crippen LogP contribution is 2.36. The van der Waals surface area contributed by atoms with Crippen molar-refractivity contribution in [2.24, 2.45) is 0 Å². The summed E-state index contributed by atoms with van der Waals surface area (Å²) in [5, 5.41) is 21.0. The van der Waals surface area contributed by atoms with Gasteiger partial charge in [0.2, 0.25) is 0 Å². The van der Waals surface area contributed by atoms with Gasteiger partial charge in [0.1, 0.15) is 11.6 Å². The van der Waals surface area contributed by atoms with Crippen LogP contribution in [0.2, 0.25) is 0 Å². The lowest BCUT2D eigenvalue weighted by atomic mass is 9.83. The Morgan fingerprint density at radius 1 is 0.936 bits per heavy atom. The summed E-state index contributed by atoms with van der Waals surface area (Å²) in [6.07, 6.45) is 11.7. The van der Waals surface area contributed by atoms with Crippen molar-refractivity contribution in [1.29, 1.82) is 0 Å². The zero-order chi connectivity index (χ0) is 32.8. The van der Waals surface area contributed by atoms with Crippen LogP contribution in [0.25, 0.3) is 22.6 Å². The second-order valence-corrected chi connectivity index (χ2v) is 15.1. The molecule has 4 aromatic heterocycles. The van der Waals surface area contributed by atoms with Crippen LogP contribution in [0.4, 0.5) is 31.8 Å². The Hall–Kier alpha value is -4.24. The third-order valence-electron chi connectivity index (χ3n) is 9.14. The van der Waals surface area contributed by atoms with Crippen LogP contribution in [-0.2, 0) is 10.0 Å². The number of rotatable bonds is 9. The number of hydrogen-bond donors (Lipinski definition) is 3. The molecular weight excluding hydrogens is 628 g/mol. The van der Waals surface area contributed by atoms with Gasteiger partial charge in [-0.2, -0.15) is 9.19 Å². The highest BCUT2D eigenvalue weighted by Gasteiger charge is 2.38. The first-order valence-corrected chi connectivity index (χ1v) is 17.4. The Balaban J connectivity index is 1.15. The molecule has 0 aromatic carbocycles. The van der Waals surface area contributed by atoms with Gasteiger partial charge in [-0.1, -0.05) is 0 Å². The molecule has 0 atom stereocenters. The summed E-state index contributed by atoms with van der Waals surface area (Å²) in [5.41, 5.74) is 2.81. The molecule has 0 radical (unpaired) electrons. The van der Waals surface area contributed by atoms with Crippen LogP contribution >= 0.6 is 0 Å². The maximum Gasteiger partial charge on any atom is 0.256 e. The Kier molecular flexibility index (Phi) is 8.07. The number of alkyl halides is 2. The van der Waals surface area contributed by atoms with Crippen molar-refractivity contribution in [3.8, 4) is 22.6 Å². The van der Waals surface area contributed by atoms with E-state index in [2.05, 4.69) is 35.7 Å². The minimum Gasteiger partial charge on any atom is -0.390 e. The van der Waals surface area contributed by atoms with E-state index >= 15 is 0 Å². The van der Waals surface area contributed by atoms with Crippen LogP contribution in [0.1, 0.15) is 58.3 Å². The Labute approximate surface area is 271 Å². The third kappa shape index (κ3) is 7.05. The van der Waals surface area contributed by atoms with Gasteiger partial charge >= 0.3 is 0 Å². The molecular formula is C32H37F2N9O3S. The minimum atomic E-state index is -3.51. The van der Waals surface area contributed by atoms with Crippen molar-refractivity contribution < 1.29 is 22.3 Å². The molecule has 0 spiro atoms. The van der Waals surface area contributed by atoms with Crippen molar-refractivity contribution in [3.63, 3.8) is 0 Å². The number of hydrogen-bond acceptors (Lipinski definition) is 11. The average molecular weight is 666 g/mol. The average Bonchev–Trinajstić information content (AvgIpc) is 3.79. The normalized spacial score (nSPS) is 23.0. The predicted octanol–water partition coefficient (Wildman–Crippen LogP) is 5.22. The molecule has 0 unspecified atom stereocenters. The number of nitrogens with zero attached hydrogens (tertiary/aromatic N) is 7. The number of piperidine rings is 1. The maximum atomic E-state index is 13.8. The molecule has 12 nitrogen and oxygen atoms in total. The maximum absolute atomic E-state index is 13.8. The highest BCUT2D eigenvalue weighted by atomic mass is 32.2. The number of pyridine rings is 2. The third-order valence-corrected chi connectivity index (χ3v) is 11.2. The van der Waals surface area contributed by atoms with E-state index in [0.29, 0.717) is 54.4 Å². The lowest BCUT2D eigenvalue weighted by Gasteiger charge is -2.34. The van der Waals surface area contributed by atoms with Gasteiger partial charge in [-0.05, 0) is 63.6 Å². The Morgan fingerprint density at radius 3 is 2.43 bits per heavy atom. The Morgan fingerprint density at radius 2 is 1.68 bits per heavy atom. The van der Waals surface area contributed by atoms with Crippen LogP contribution in [0.15, 0.2) is 55.2 Å². The number of halogens is 2. The second-order valence-electron chi connectivity index (χ2n) is 13.0. The van der Waals surface area contributed by atoms with E-state index in [1.54, 1.807) is 24.7 Å². The van der Waals surface area contributed by atoms with Crippen LogP contribution < -0.4 is 15.5 Å². The number of anilines is 4. The first-order valence-electron chi connectivity index (χ1n) is 15.9. The van der Waals surface area contributed by atoms with E-state index in [1.807, 2.05) is 30.0 Å². The van der Waals surface area contributed by atoms with Crippen molar-refractivity contribution in [3.05, 3.63) is 55.2 Å². The van der Waals surface area contributed by atoms with Gasteiger partial charge in [0.05, 0.1) is 34.5 Å². The molecule has 15 heteroatoms. The molecule has 4 aromatic rings. The first-order chi connectivity index (χ1) is 22.4. The molecule has 1 aliphatic heterocycles. The van der Waals surface area contributed by atoms with E-state index in [0.717, 1.165) is 33.9 Å². The van der Waals surface area contributed by atoms with Crippen LogP contribution in [-0.4, -0.2) is 78.6 Å². The van der Waals surface area contributed by atoms with Gasteiger partial charge in [0.15, 0.2) is 5.82 Å². The lowest BCUT2D eigenvalue weighted by Crippen LogP contribution is -2.39. The second kappa shape index (κ2) is 12.1. The fraction of sp³-hybridized carbons (Fsp3) is 0.469. The predicted molar refractivity (Wildman–Crippen MR) is 174 cm³/mol. The van der Waals surface area contributed by atoms with Crippen molar-refractivity contribution >= 4 is 33.0 Å². The summed E-state index contributed by atoms with van der Waals surface area (Å²) < 4.78 is 53.8. The standard InChI is InChI=1S/C32H37F2N9O3S/c1-31(44)8-4-22(5-9-31)39-27-17-29(37-19-25(27)26-16-23(6-12-35-26)42-14-10-32(33,34)11-15-42)40-28-7-13-36-30(41-28)21-18-38-43(20-21)47(45,46)24-2-3-24/h6-7,12-13,16-20,22,24,44H,2-5,8-11,14-15H2,1H3,(H2,36,37,39,40,41). The summed E-state index contributed by atoms with van der Waals surface area (Å²) in [6, 6.07) is 7.43. The molecule has 1 saturated heterocycles. The van der Waals surface area contributed by atoms with E-state index < -0.39 is 26.8 Å². The molecule has 0 amide bonds. The fourth-order valence-electron chi connectivity index (χ4n) is 6.08. The molecule has 47 heavy (non-hydrogen) atoms. The van der Waals surface area contributed by atoms with Crippen LogP contribution in [0, 0.1) is 0 Å². The number of aromatic nitrogens is 6. The monoisotopic (exact) mass is 665 g/mol. The van der Waals surface area contributed by atoms with Gasteiger partial charge < -0.3 is 20.6 Å². The minimum absolute atomic E-state index is 0.117.